The van der Waals surface area contributed by atoms with Gasteiger partial charge in [-0.25, -0.2) is 0 Å². The molecule has 1 amide bonds. The maximum absolute atomic E-state index is 12.7. The molecule has 1 aliphatic rings. The van der Waals surface area contributed by atoms with Crippen molar-refractivity contribution in [1.82, 2.24) is 4.90 Å². The predicted octanol–water partition coefficient (Wildman–Crippen LogP) is 5.56. The number of hydrogen-bond acceptors (Lipinski definition) is 2. The van der Waals surface area contributed by atoms with Crippen LogP contribution in [0.4, 0.5) is 0 Å². The normalized spacial score (nSPS) is 13.3. The van der Waals surface area contributed by atoms with Crippen LogP contribution >= 0.6 is 11.6 Å². The van der Waals surface area contributed by atoms with E-state index in [1.807, 2.05) is 36.1 Å². The van der Waals surface area contributed by atoms with Crippen molar-refractivity contribution in [2.75, 3.05) is 6.61 Å². The van der Waals surface area contributed by atoms with Crippen LogP contribution in [0.3, 0.4) is 0 Å². The number of fused-ring (bicyclic) bond motifs is 3. The second kappa shape index (κ2) is 8.50. The quantitative estimate of drug-likeness (QED) is 0.415. The number of carbonyl (C=O) groups excluding carboxylic acids is 1. The van der Waals surface area contributed by atoms with Gasteiger partial charge in [-0.2, -0.15) is 4.99 Å². The van der Waals surface area contributed by atoms with Gasteiger partial charge in [-0.3, -0.25) is 4.79 Å². The molecule has 3 aromatic rings. The van der Waals surface area contributed by atoms with Gasteiger partial charge in [0.05, 0.1) is 6.61 Å². The third kappa shape index (κ3) is 4.17. The van der Waals surface area contributed by atoms with Crippen LogP contribution in [0.5, 0.6) is 0 Å². The van der Waals surface area contributed by atoms with Crippen molar-refractivity contribution in [1.29, 1.82) is 0 Å². The molecule has 1 aliphatic heterocycles. The summed E-state index contributed by atoms with van der Waals surface area (Å²) in [5, 5.41) is 0.580. The number of carbonyl (C=O) groups is 1. The molecule has 5 heteroatoms. The SMILES string of the molecule is CCOC(=NC(=O)c1ccc(Cl)cc1)N1Cc2ccccc2-c2ccccc2C1. The van der Waals surface area contributed by atoms with Crippen LogP contribution in [0.1, 0.15) is 28.4 Å². The van der Waals surface area contributed by atoms with Crippen LogP contribution in [0, 0.1) is 0 Å². The van der Waals surface area contributed by atoms with Gasteiger partial charge in [0, 0.05) is 23.7 Å². The monoisotopic (exact) mass is 404 g/mol. The zero-order chi connectivity index (χ0) is 20.2. The molecule has 0 bridgehead atoms. The van der Waals surface area contributed by atoms with Gasteiger partial charge in [0.15, 0.2) is 0 Å². The zero-order valence-electron chi connectivity index (χ0n) is 16.1. The van der Waals surface area contributed by atoms with Gasteiger partial charge >= 0.3 is 0 Å². The minimum atomic E-state index is -0.351. The lowest BCUT2D eigenvalue weighted by Crippen LogP contribution is -2.32. The van der Waals surface area contributed by atoms with Crippen molar-refractivity contribution >= 4 is 23.5 Å². The number of amides is 1. The number of hydrogen-bond donors (Lipinski definition) is 0. The Hall–Kier alpha value is -3.11. The van der Waals surface area contributed by atoms with Crippen molar-refractivity contribution in [3.8, 4) is 11.1 Å². The van der Waals surface area contributed by atoms with Crippen molar-refractivity contribution < 1.29 is 9.53 Å². The summed E-state index contributed by atoms with van der Waals surface area (Å²) in [6, 6.07) is 23.7. The molecule has 3 aromatic carbocycles. The number of aliphatic imine (C=N–C) groups is 1. The minimum absolute atomic E-state index is 0.332. The summed E-state index contributed by atoms with van der Waals surface area (Å²) in [5.41, 5.74) is 5.21. The summed E-state index contributed by atoms with van der Waals surface area (Å²) in [6.45, 7) is 3.53. The first-order chi connectivity index (χ1) is 14.2. The lowest BCUT2D eigenvalue weighted by Gasteiger charge is -2.24. The number of halogens is 1. The summed E-state index contributed by atoms with van der Waals surface area (Å²) in [4.78, 5) is 19.1. The molecule has 4 nitrogen and oxygen atoms in total. The van der Waals surface area contributed by atoms with Gasteiger partial charge in [0.2, 0.25) is 0 Å². The third-order valence-corrected chi connectivity index (χ3v) is 5.13. The number of ether oxygens (including phenoxy) is 1. The summed E-state index contributed by atoms with van der Waals surface area (Å²) >= 11 is 5.93. The second-order valence-corrected chi connectivity index (χ2v) is 7.25. The van der Waals surface area contributed by atoms with E-state index in [2.05, 4.69) is 29.3 Å². The van der Waals surface area contributed by atoms with E-state index < -0.39 is 0 Å². The summed E-state index contributed by atoms with van der Waals surface area (Å²) in [5.74, 6) is -0.351. The number of nitrogens with zero attached hydrogens (tertiary/aromatic N) is 2. The molecule has 0 N–H and O–H groups in total. The van der Waals surface area contributed by atoms with Gasteiger partial charge < -0.3 is 9.64 Å². The Kier molecular flexibility index (Phi) is 5.63. The van der Waals surface area contributed by atoms with Gasteiger partial charge in [-0.1, -0.05) is 60.1 Å². The highest BCUT2D eigenvalue weighted by atomic mass is 35.5. The van der Waals surface area contributed by atoms with Crippen molar-refractivity contribution in [2.24, 2.45) is 4.99 Å². The molecule has 29 heavy (non-hydrogen) atoms. The van der Waals surface area contributed by atoms with E-state index in [0.29, 0.717) is 36.3 Å². The van der Waals surface area contributed by atoms with Crippen molar-refractivity contribution in [3.05, 3.63) is 94.5 Å². The Labute approximate surface area is 175 Å². The fraction of sp³-hybridized carbons (Fsp3) is 0.167. The third-order valence-electron chi connectivity index (χ3n) is 4.88. The molecule has 0 saturated carbocycles. The number of amidine groups is 1. The maximum Gasteiger partial charge on any atom is 0.296 e. The molecule has 0 saturated heterocycles. The Morgan fingerprint density at radius 3 is 2.03 bits per heavy atom. The maximum atomic E-state index is 12.7. The molecular weight excluding hydrogens is 384 g/mol. The van der Waals surface area contributed by atoms with Gasteiger partial charge in [-0.15, -0.1) is 0 Å². The van der Waals surface area contributed by atoms with E-state index in [0.717, 1.165) is 0 Å². The Morgan fingerprint density at radius 2 is 1.48 bits per heavy atom. The Bertz CT molecular complexity index is 1010. The summed E-state index contributed by atoms with van der Waals surface area (Å²) in [7, 11) is 0. The molecule has 0 aromatic heterocycles. The first kappa shape index (κ1) is 19.2. The zero-order valence-corrected chi connectivity index (χ0v) is 16.9. The van der Waals surface area contributed by atoms with Crippen LogP contribution in [-0.2, 0) is 17.8 Å². The van der Waals surface area contributed by atoms with E-state index in [1.54, 1.807) is 24.3 Å². The van der Waals surface area contributed by atoms with Crippen LogP contribution in [0.15, 0.2) is 77.8 Å². The molecule has 4 rings (SSSR count). The minimum Gasteiger partial charge on any atom is -0.465 e. The van der Waals surface area contributed by atoms with E-state index >= 15 is 0 Å². The lowest BCUT2D eigenvalue weighted by atomic mass is 9.97. The summed E-state index contributed by atoms with van der Waals surface area (Å²) < 4.78 is 5.81. The topological polar surface area (TPSA) is 41.9 Å². The van der Waals surface area contributed by atoms with Crippen LogP contribution in [0.25, 0.3) is 11.1 Å². The molecule has 146 valence electrons. The van der Waals surface area contributed by atoms with E-state index in [1.165, 1.54) is 22.3 Å². The highest BCUT2D eigenvalue weighted by Crippen LogP contribution is 2.32. The molecule has 0 spiro atoms. The lowest BCUT2D eigenvalue weighted by molar-refractivity contribution is 0.0993. The van der Waals surface area contributed by atoms with Gasteiger partial charge in [-0.05, 0) is 53.4 Å². The number of benzene rings is 3. The van der Waals surface area contributed by atoms with E-state index in [4.69, 9.17) is 16.3 Å². The highest BCUT2D eigenvalue weighted by Gasteiger charge is 2.23. The standard InChI is InChI=1S/C24H21ClN2O2/c1-2-29-24(26-23(28)17-11-13-20(25)14-12-17)27-15-18-7-3-5-9-21(18)22-10-6-4-8-19(22)16-27/h3-14H,2,15-16H2,1H3. The van der Waals surface area contributed by atoms with Crippen LogP contribution < -0.4 is 0 Å². The number of rotatable bonds is 2. The average molecular weight is 405 g/mol. The average Bonchev–Trinajstić information content (AvgIpc) is 2.91. The van der Waals surface area contributed by atoms with Crippen LogP contribution in [0.2, 0.25) is 5.02 Å². The van der Waals surface area contributed by atoms with Gasteiger partial charge in [0.25, 0.3) is 11.9 Å². The molecule has 0 radical (unpaired) electrons. The Morgan fingerprint density at radius 1 is 0.931 bits per heavy atom. The smallest absolute Gasteiger partial charge is 0.296 e. The van der Waals surface area contributed by atoms with Crippen LogP contribution in [-0.4, -0.2) is 23.4 Å². The van der Waals surface area contributed by atoms with Gasteiger partial charge in [0.1, 0.15) is 0 Å². The molecular formula is C24H21ClN2O2. The van der Waals surface area contributed by atoms with Crippen molar-refractivity contribution in [2.45, 2.75) is 20.0 Å². The molecule has 1 heterocycles. The molecule has 0 aliphatic carbocycles. The molecule has 0 unspecified atom stereocenters. The largest absolute Gasteiger partial charge is 0.465 e. The fourth-order valence-corrected chi connectivity index (χ4v) is 3.64. The van der Waals surface area contributed by atoms with Crippen molar-refractivity contribution in [3.63, 3.8) is 0 Å². The highest BCUT2D eigenvalue weighted by molar-refractivity contribution is 6.30. The first-order valence-electron chi connectivity index (χ1n) is 9.58. The summed E-state index contributed by atoms with van der Waals surface area (Å²) in [6.07, 6.45) is 0. The fourth-order valence-electron chi connectivity index (χ4n) is 3.51. The van der Waals surface area contributed by atoms with E-state index in [9.17, 15) is 4.79 Å². The molecule has 0 atom stereocenters. The second-order valence-electron chi connectivity index (χ2n) is 6.81. The Balaban J connectivity index is 1.73. The molecule has 0 fully saturated rings. The van der Waals surface area contributed by atoms with E-state index in [-0.39, 0.29) is 5.91 Å². The first-order valence-corrected chi connectivity index (χ1v) is 9.96. The predicted molar refractivity (Wildman–Crippen MR) is 116 cm³/mol.